The molecule has 0 saturated carbocycles. The van der Waals surface area contributed by atoms with Crippen LogP contribution in [0.25, 0.3) is 0 Å². The molecule has 1 aliphatic rings. The van der Waals surface area contributed by atoms with Crippen LogP contribution < -0.4 is 10.6 Å². The lowest BCUT2D eigenvalue weighted by molar-refractivity contribution is -0.130. The highest BCUT2D eigenvalue weighted by Crippen LogP contribution is 2.07. The Hall–Kier alpha value is -0.880. The van der Waals surface area contributed by atoms with E-state index in [1.54, 1.807) is 7.11 Å². The van der Waals surface area contributed by atoms with Gasteiger partial charge in [-0.1, -0.05) is 0 Å². The molecule has 1 fully saturated rings. The molecule has 0 aromatic rings. The van der Waals surface area contributed by atoms with Gasteiger partial charge in [0.25, 0.3) is 0 Å². The summed E-state index contributed by atoms with van der Waals surface area (Å²) in [6, 6.07) is 0. The number of piperidine rings is 1. The quantitative estimate of drug-likeness (QED) is 0.545. The van der Waals surface area contributed by atoms with E-state index >= 15 is 0 Å². The minimum Gasteiger partial charge on any atom is -0.385 e. The summed E-state index contributed by atoms with van der Waals surface area (Å²) in [4.78, 5) is 13.7. The van der Waals surface area contributed by atoms with E-state index in [0.29, 0.717) is 11.7 Å². The third-order valence-corrected chi connectivity index (χ3v) is 3.21. The van der Waals surface area contributed by atoms with Crippen molar-refractivity contribution in [3.8, 4) is 0 Å². The molecule has 2 N–H and O–H groups in total. The predicted octanol–water partition coefficient (Wildman–Crippen LogP) is 0.500. The summed E-state index contributed by atoms with van der Waals surface area (Å²) in [7, 11) is 1.67. The Balaban J connectivity index is 2.07. The van der Waals surface area contributed by atoms with Crippen LogP contribution in [0.4, 0.5) is 0 Å². The summed E-state index contributed by atoms with van der Waals surface area (Å²) >= 11 is 5.09. The molecule has 104 valence electrons. The topological polar surface area (TPSA) is 53.6 Å². The monoisotopic (exact) mass is 273 g/mol. The normalized spacial score (nSPS) is 15.3. The van der Waals surface area contributed by atoms with Crippen LogP contribution in [0, 0.1) is 0 Å². The molecule has 0 unspecified atom stereocenters. The fraction of sp³-hybridized carbons (Fsp3) is 0.833. The van der Waals surface area contributed by atoms with Gasteiger partial charge in [0.1, 0.15) is 0 Å². The third kappa shape index (κ3) is 6.16. The molecule has 0 radical (unpaired) electrons. The first-order valence-electron chi connectivity index (χ1n) is 6.52. The van der Waals surface area contributed by atoms with Gasteiger partial charge in [0.2, 0.25) is 5.91 Å². The zero-order valence-electron chi connectivity index (χ0n) is 11.0. The Kier molecular flexibility index (Phi) is 7.68. The van der Waals surface area contributed by atoms with E-state index in [0.717, 1.165) is 38.9 Å². The van der Waals surface area contributed by atoms with Crippen molar-refractivity contribution < 1.29 is 9.53 Å². The number of nitrogens with one attached hydrogen (secondary N) is 2. The number of carbonyl (C=O) groups is 1. The molecule has 1 heterocycles. The Labute approximate surface area is 114 Å². The van der Waals surface area contributed by atoms with Gasteiger partial charge in [-0.2, -0.15) is 0 Å². The van der Waals surface area contributed by atoms with Crippen molar-refractivity contribution >= 4 is 23.2 Å². The number of methoxy groups -OCH3 is 1. The van der Waals surface area contributed by atoms with Crippen molar-refractivity contribution in [3.63, 3.8) is 0 Å². The lowest BCUT2D eigenvalue weighted by atomic mass is 10.1. The molecule has 1 saturated heterocycles. The second-order valence-corrected chi connectivity index (χ2v) is 4.81. The summed E-state index contributed by atoms with van der Waals surface area (Å²) in [6.07, 6.45) is 4.37. The molecule has 1 aliphatic heterocycles. The average molecular weight is 273 g/mol. The number of ether oxygens (including phenoxy) is 1. The van der Waals surface area contributed by atoms with Gasteiger partial charge in [0.15, 0.2) is 5.11 Å². The lowest BCUT2D eigenvalue weighted by Gasteiger charge is -2.27. The first-order valence-corrected chi connectivity index (χ1v) is 6.93. The molecule has 1 amide bonds. The zero-order valence-corrected chi connectivity index (χ0v) is 11.9. The van der Waals surface area contributed by atoms with Crippen molar-refractivity contribution in [1.29, 1.82) is 0 Å². The number of nitrogens with zero attached hydrogens (tertiary/aromatic N) is 1. The summed E-state index contributed by atoms with van der Waals surface area (Å²) in [6.45, 7) is 3.53. The van der Waals surface area contributed by atoms with Crippen LogP contribution in [-0.4, -0.2) is 55.8 Å². The van der Waals surface area contributed by atoms with Gasteiger partial charge in [-0.25, -0.2) is 0 Å². The van der Waals surface area contributed by atoms with E-state index in [-0.39, 0.29) is 12.5 Å². The van der Waals surface area contributed by atoms with Gasteiger partial charge in [0, 0.05) is 33.4 Å². The number of likely N-dealkylation sites (tertiary alicyclic amines) is 1. The maximum absolute atomic E-state index is 11.8. The van der Waals surface area contributed by atoms with Gasteiger partial charge in [0.05, 0.1) is 6.54 Å². The van der Waals surface area contributed by atoms with Gasteiger partial charge in [-0.05, 0) is 37.9 Å². The van der Waals surface area contributed by atoms with E-state index in [4.69, 9.17) is 17.0 Å². The fourth-order valence-electron chi connectivity index (χ4n) is 1.89. The van der Waals surface area contributed by atoms with E-state index in [1.807, 2.05) is 4.90 Å². The van der Waals surface area contributed by atoms with E-state index in [1.165, 1.54) is 6.42 Å². The largest absolute Gasteiger partial charge is 0.385 e. The molecule has 6 heteroatoms. The third-order valence-electron chi connectivity index (χ3n) is 2.92. The second kappa shape index (κ2) is 9.10. The molecule has 1 rings (SSSR count). The first kappa shape index (κ1) is 15.2. The smallest absolute Gasteiger partial charge is 0.241 e. The van der Waals surface area contributed by atoms with Gasteiger partial charge in [-0.15, -0.1) is 0 Å². The zero-order chi connectivity index (χ0) is 13.2. The van der Waals surface area contributed by atoms with Crippen LogP contribution in [0.15, 0.2) is 0 Å². The molecule has 0 aromatic heterocycles. The summed E-state index contributed by atoms with van der Waals surface area (Å²) in [5.74, 6) is 0.135. The Bertz CT molecular complexity index is 268. The average Bonchev–Trinajstić information content (AvgIpc) is 2.42. The standard InChI is InChI=1S/C12H23N3O2S/c1-17-9-5-6-13-12(18)14-10-11(16)15-7-3-2-4-8-15/h2-10H2,1H3,(H2,13,14,18). The van der Waals surface area contributed by atoms with Crippen molar-refractivity contribution in [2.75, 3.05) is 39.9 Å². The van der Waals surface area contributed by atoms with Gasteiger partial charge >= 0.3 is 0 Å². The number of hydrogen-bond acceptors (Lipinski definition) is 3. The van der Waals surface area contributed by atoms with Crippen LogP contribution in [0.2, 0.25) is 0 Å². The molecule has 5 nitrogen and oxygen atoms in total. The van der Waals surface area contributed by atoms with Gasteiger partial charge in [-0.3, -0.25) is 4.79 Å². The predicted molar refractivity (Wildman–Crippen MR) is 75.5 cm³/mol. The van der Waals surface area contributed by atoms with Crippen molar-refractivity contribution in [2.45, 2.75) is 25.7 Å². The van der Waals surface area contributed by atoms with Crippen molar-refractivity contribution in [3.05, 3.63) is 0 Å². The lowest BCUT2D eigenvalue weighted by Crippen LogP contribution is -2.45. The van der Waals surface area contributed by atoms with E-state index in [2.05, 4.69) is 10.6 Å². The number of thiocarbonyl (C=S) groups is 1. The van der Waals surface area contributed by atoms with Crippen LogP contribution in [0.5, 0.6) is 0 Å². The highest BCUT2D eigenvalue weighted by Gasteiger charge is 2.15. The summed E-state index contributed by atoms with van der Waals surface area (Å²) < 4.78 is 4.94. The highest BCUT2D eigenvalue weighted by atomic mass is 32.1. The Morgan fingerprint density at radius 1 is 1.28 bits per heavy atom. The minimum atomic E-state index is 0.135. The SMILES string of the molecule is COCCCNC(=S)NCC(=O)N1CCCCC1. The molecule has 0 aromatic carbocycles. The van der Waals surface area contributed by atoms with Crippen molar-refractivity contribution in [1.82, 2.24) is 15.5 Å². The summed E-state index contributed by atoms with van der Waals surface area (Å²) in [5, 5.41) is 6.53. The molecule has 0 aliphatic carbocycles. The molecule has 18 heavy (non-hydrogen) atoms. The van der Waals surface area contributed by atoms with E-state index < -0.39 is 0 Å². The summed E-state index contributed by atoms with van der Waals surface area (Å²) in [5.41, 5.74) is 0. The molecular formula is C12H23N3O2S. The highest BCUT2D eigenvalue weighted by molar-refractivity contribution is 7.80. The minimum absolute atomic E-state index is 0.135. The maximum atomic E-state index is 11.8. The molecule has 0 spiro atoms. The molecular weight excluding hydrogens is 250 g/mol. The number of hydrogen-bond donors (Lipinski definition) is 2. The second-order valence-electron chi connectivity index (χ2n) is 4.40. The van der Waals surface area contributed by atoms with Crippen LogP contribution in [0.1, 0.15) is 25.7 Å². The van der Waals surface area contributed by atoms with Crippen LogP contribution in [-0.2, 0) is 9.53 Å². The maximum Gasteiger partial charge on any atom is 0.241 e. The Morgan fingerprint density at radius 3 is 2.67 bits per heavy atom. The number of carbonyl (C=O) groups excluding carboxylic acids is 1. The van der Waals surface area contributed by atoms with Gasteiger partial charge < -0.3 is 20.3 Å². The van der Waals surface area contributed by atoms with Crippen LogP contribution in [0.3, 0.4) is 0 Å². The first-order chi connectivity index (χ1) is 8.74. The molecule has 0 bridgehead atoms. The fourth-order valence-corrected chi connectivity index (χ4v) is 2.07. The number of rotatable bonds is 6. The van der Waals surface area contributed by atoms with Crippen molar-refractivity contribution in [2.24, 2.45) is 0 Å². The number of amides is 1. The molecule has 0 atom stereocenters. The Morgan fingerprint density at radius 2 is 2.00 bits per heavy atom. The van der Waals surface area contributed by atoms with E-state index in [9.17, 15) is 4.79 Å². The van der Waals surface area contributed by atoms with Crippen LogP contribution >= 0.6 is 12.2 Å².